The molecule has 1 aromatic rings. The Bertz CT molecular complexity index is 334. The maximum atomic E-state index is 5.49. The lowest BCUT2D eigenvalue weighted by atomic mass is 9.82. The molecule has 1 fully saturated rings. The molecule has 3 nitrogen and oxygen atoms in total. The third kappa shape index (κ3) is 3.08. The molecule has 0 aromatic carbocycles. The first-order valence-corrected chi connectivity index (χ1v) is 6.21. The molecule has 0 atom stereocenters. The summed E-state index contributed by atoms with van der Waals surface area (Å²) < 4.78 is 5.49. The Kier molecular flexibility index (Phi) is 3.33. The van der Waals surface area contributed by atoms with Crippen molar-refractivity contribution in [3.63, 3.8) is 0 Å². The number of rotatable bonds is 4. The van der Waals surface area contributed by atoms with Crippen molar-refractivity contribution in [2.24, 2.45) is 5.92 Å². The zero-order valence-corrected chi connectivity index (χ0v) is 10.5. The fourth-order valence-electron chi connectivity index (χ4n) is 1.91. The van der Waals surface area contributed by atoms with Crippen molar-refractivity contribution in [3.05, 3.63) is 17.8 Å². The molecule has 2 rings (SSSR count). The van der Waals surface area contributed by atoms with Gasteiger partial charge in [0.05, 0.1) is 5.69 Å². The van der Waals surface area contributed by atoms with Gasteiger partial charge in [-0.2, -0.15) is 0 Å². The van der Waals surface area contributed by atoms with E-state index in [-0.39, 0.29) is 5.54 Å². The first-order valence-electron chi connectivity index (χ1n) is 6.21. The molecule has 0 spiro atoms. The Hall–Kier alpha value is -0.830. The van der Waals surface area contributed by atoms with E-state index in [0.29, 0.717) is 0 Å². The van der Waals surface area contributed by atoms with Crippen LogP contribution >= 0.6 is 0 Å². The van der Waals surface area contributed by atoms with Crippen molar-refractivity contribution >= 4 is 0 Å². The second kappa shape index (κ2) is 4.58. The zero-order valence-electron chi connectivity index (χ0n) is 10.5. The molecule has 1 heterocycles. The van der Waals surface area contributed by atoms with Gasteiger partial charge in [0.15, 0.2) is 6.39 Å². The standard InChI is InChI=1S/C13H22N2O/c1-13(2,3)15-8-11-12(16-9-14-11)7-10-5-4-6-10/h9-10,15H,4-8H2,1-3H3. The highest BCUT2D eigenvalue weighted by Crippen LogP contribution is 2.30. The summed E-state index contributed by atoms with van der Waals surface area (Å²) >= 11 is 0. The third-order valence-electron chi connectivity index (χ3n) is 3.21. The lowest BCUT2D eigenvalue weighted by molar-refractivity contribution is 0.292. The van der Waals surface area contributed by atoms with E-state index in [2.05, 4.69) is 31.1 Å². The molecule has 90 valence electrons. The van der Waals surface area contributed by atoms with E-state index in [0.717, 1.165) is 30.3 Å². The predicted octanol–water partition coefficient (Wildman–Crippen LogP) is 2.91. The van der Waals surface area contributed by atoms with E-state index < -0.39 is 0 Å². The number of aromatic nitrogens is 1. The van der Waals surface area contributed by atoms with Crippen LogP contribution in [-0.2, 0) is 13.0 Å². The lowest BCUT2D eigenvalue weighted by Gasteiger charge is -2.24. The molecule has 0 saturated heterocycles. The van der Waals surface area contributed by atoms with Crippen molar-refractivity contribution < 1.29 is 4.42 Å². The van der Waals surface area contributed by atoms with E-state index in [1.807, 2.05) is 0 Å². The highest BCUT2D eigenvalue weighted by molar-refractivity contribution is 5.09. The van der Waals surface area contributed by atoms with Gasteiger partial charge in [0.25, 0.3) is 0 Å². The molecule has 1 saturated carbocycles. The Morgan fingerprint density at radius 1 is 1.44 bits per heavy atom. The molecule has 3 heteroatoms. The number of nitrogens with one attached hydrogen (secondary N) is 1. The smallest absolute Gasteiger partial charge is 0.181 e. The molecular weight excluding hydrogens is 200 g/mol. The minimum Gasteiger partial charge on any atom is -0.448 e. The molecule has 1 N–H and O–H groups in total. The van der Waals surface area contributed by atoms with E-state index >= 15 is 0 Å². The SMILES string of the molecule is CC(C)(C)NCc1ncoc1CC1CCC1. The highest BCUT2D eigenvalue weighted by atomic mass is 16.3. The minimum atomic E-state index is 0.132. The van der Waals surface area contributed by atoms with Gasteiger partial charge in [-0.1, -0.05) is 19.3 Å². The van der Waals surface area contributed by atoms with E-state index in [1.165, 1.54) is 19.3 Å². The summed E-state index contributed by atoms with van der Waals surface area (Å²) in [5.74, 6) is 1.92. The zero-order chi connectivity index (χ0) is 11.6. The van der Waals surface area contributed by atoms with Gasteiger partial charge >= 0.3 is 0 Å². The fourth-order valence-corrected chi connectivity index (χ4v) is 1.91. The van der Waals surface area contributed by atoms with Crippen LogP contribution in [-0.4, -0.2) is 10.5 Å². The minimum absolute atomic E-state index is 0.132. The van der Waals surface area contributed by atoms with Crippen LogP contribution in [0.3, 0.4) is 0 Å². The van der Waals surface area contributed by atoms with E-state index in [4.69, 9.17) is 4.42 Å². The van der Waals surface area contributed by atoms with Crippen LogP contribution in [0.1, 0.15) is 51.5 Å². The average Bonchev–Trinajstić information content (AvgIpc) is 2.54. The number of hydrogen-bond acceptors (Lipinski definition) is 3. The van der Waals surface area contributed by atoms with Gasteiger partial charge in [-0.25, -0.2) is 4.98 Å². The van der Waals surface area contributed by atoms with Crippen LogP contribution < -0.4 is 5.32 Å². The van der Waals surface area contributed by atoms with Gasteiger partial charge in [-0.15, -0.1) is 0 Å². The van der Waals surface area contributed by atoms with Gasteiger partial charge < -0.3 is 9.73 Å². The van der Waals surface area contributed by atoms with Crippen molar-refractivity contribution in [3.8, 4) is 0 Å². The average molecular weight is 222 g/mol. The van der Waals surface area contributed by atoms with Crippen LogP contribution in [0.15, 0.2) is 10.8 Å². The fraction of sp³-hybridized carbons (Fsp3) is 0.769. The summed E-state index contributed by atoms with van der Waals surface area (Å²) in [7, 11) is 0. The monoisotopic (exact) mass is 222 g/mol. The van der Waals surface area contributed by atoms with Gasteiger partial charge in [-0.05, 0) is 26.7 Å². The quantitative estimate of drug-likeness (QED) is 0.851. The Balaban J connectivity index is 1.90. The van der Waals surface area contributed by atoms with E-state index in [1.54, 1.807) is 6.39 Å². The topological polar surface area (TPSA) is 38.1 Å². The molecule has 0 bridgehead atoms. The van der Waals surface area contributed by atoms with Crippen LogP contribution in [0, 0.1) is 5.92 Å². The summed E-state index contributed by atoms with van der Waals surface area (Å²) in [5.41, 5.74) is 1.22. The Morgan fingerprint density at radius 2 is 2.19 bits per heavy atom. The maximum absolute atomic E-state index is 5.49. The normalized spacial score (nSPS) is 17.4. The summed E-state index contributed by atoms with van der Waals surface area (Å²) in [4.78, 5) is 4.30. The molecule has 1 aromatic heterocycles. The maximum Gasteiger partial charge on any atom is 0.181 e. The first kappa shape index (κ1) is 11.6. The summed E-state index contributed by atoms with van der Waals surface area (Å²) in [6.07, 6.45) is 6.74. The van der Waals surface area contributed by atoms with Gasteiger partial charge in [0, 0.05) is 18.5 Å². The van der Waals surface area contributed by atoms with Crippen LogP contribution in [0.25, 0.3) is 0 Å². The lowest BCUT2D eigenvalue weighted by Crippen LogP contribution is -2.35. The molecule has 0 aliphatic heterocycles. The van der Waals surface area contributed by atoms with Crippen molar-refractivity contribution in [2.45, 2.75) is 58.5 Å². The van der Waals surface area contributed by atoms with Crippen molar-refractivity contribution in [1.29, 1.82) is 0 Å². The molecule has 16 heavy (non-hydrogen) atoms. The van der Waals surface area contributed by atoms with E-state index in [9.17, 15) is 0 Å². The summed E-state index contributed by atoms with van der Waals surface area (Å²) in [6.45, 7) is 7.30. The summed E-state index contributed by atoms with van der Waals surface area (Å²) in [5, 5.41) is 3.45. The van der Waals surface area contributed by atoms with Crippen molar-refractivity contribution in [1.82, 2.24) is 10.3 Å². The molecule has 1 aliphatic carbocycles. The van der Waals surface area contributed by atoms with Gasteiger partial charge in [0.2, 0.25) is 0 Å². The second-order valence-electron chi connectivity index (χ2n) is 5.83. The Morgan fingerprint density at radius 3 is 2.75 bits per heavy atom. The largest absolute Gasteiger partial charge is 0.448 e. The Labute approximate surface area is 97.6 Å². The predicted molar refractivity (Wildman–Crippen MR) is 64.1 cm³/mol. The van der Waals surface area contributed by atoms with Crippen LogP contribution in [0.2, 0.25) is 0 Å². The second-order valence-corrected chi connectivity index (χ2v) is 5.83. The molecule has 1 aliphatic rings. The van der Waals surface area contributed by atoms with Gasteiger partial charge in [-0.3, -0.25) is 0 Å². The number of hydrogen-bond donors (Lipinski definition) is 1. The molecule has 0 unspecified atom stereocenters. The van der Waals surface area contributed by atoms with Gasteiger partial charge in [0.1, 0.15) is 5.76 Å². The van der Waals surface area contributed by atoms with Crippen molar-refractivity contribution in [2.75, 3.05) is 0 Å². The summed E-state index contributed by atoms with van der Waals surface area (Å²) in [6, 6.07) is 0. The molecule has 0 amide bonds. The molecular formula is C13H22N2O. The number of nitrogens with zero attached hydrogens (tertiary/aromatic N) is 1. The highest BCUT2D eigenvalue weighted by Gasteiger charge is 2.21. The number of oxazole rings is 1. The first-order chi connectivity index (χ1) is 7.54. The third-order valence-corrected chi connectivity index (χ3v) is 3.21. The molecule has 0 radical (unpaired) electrons. The van der Waals surface area contributed by atoms with Crippen LogP contribution in [0.5, 0.6) is 0 Å². The van der Waals surface area contributed by atoms with Crippen LogP contribution in [0.4, 0.5) is 0 Å².